The second-order valence-electron chi connectivity index (χ2n) is 6.40. The lowest BCUT2D eigenvalue weighted by molar-refractivity contribution is -0.133. The minimum absolute atomic E-state index is 0. The van der Waals surface area contributed by atoms with E-state index in [0.717, 1.165) is 56.0 Å². The van der Waals surface area contributed by atoms with E-state index in [1.165, 1.54) is 6.42 Å². The molecule has 2 fully saturated rings. The van der Waals surface area contributed by atoms with Gasteiger partial charge in [0.05, 0.1) is 0 Å². The minimum Gasteiger partial charge on any atom is -0.343 e. The molecule has 0 aliphatic carbocycles. The maximum absolute atomic E-state index is 12.4. The van der Waals surface area contributed by atoms with Crippen molar-refractivity contribution >= 4 is 29.9 Å². The summed E-state index contributed by atoms with van der Waals surface area (Å²) in [6.45, 7) is 4.11. The first-order valence-corrected chi connectivity index (χ1v) is 8.28. The van der Waals surface area contributed by atoms with Crippen molar-refractivity contribution in [2.75, 3.05) is 26.2 Å². The van der Waals surface area contributed by atoms with E-state index in [9.17, 15) is 4.79 Å². The van der Waals surface area contributed by atoms with Crippen LogP contribution in [0.2, 0.25) is 5.02 Å². The van der Waals surface area contributed by atoms with Gasteiger partial charge in [0.2, 0.25) is 5.91 Å². The van der Waals surface area contributed by atoms with Crippen LogP contribution in [0.25, 0.3) is 0 Å². The van der Waals surface area contributed by atoms with Gasteiger partial charge in [-0.2, -0.15) is 0 Å². The molecular formula is C17H24Cl2N2O. The average Bonchev–Trinajstić information content (AvgIpc) is 2.95. The van der Waals surface area contributed by atoms with Gasteiger partial charge in [-0.25, -0.2) is 0 Å². The van der Waals surface area contributed by atoms with E-state index in [2.05, 4.69) is 5.32 Å². The molecule has 5 heteroatoms. The smallest absolute Gasteiger partial charge is 0.222 e. The van der Waals surface area contributed by atoms with Gasteiger partial charge in [0.25, 0.3) is 0 Å². The third kappa shape index (κ3) is 3.95. The Kier molecular flexibility index (Phi) is 6.13. The molecule has 22 heavy (non-hydrogen) atoms. The molecule has 2 saturated heterocycles. The van der Waals surface area contributed by atoms with Gasteiger partial charge in [-0.05, 0) is 49.3 Å². The number of carbonyl (C=O) groups is 1. The highest BCUT2D eigenvalue weighted by atomic mass is 35.5. The van der Waals surface area contributed by atoms with E-state index in [0.29, 0.717) is 11.8 Å². The molecule has 1 aromatic carbocycles. The predicted octanol–water partition coefficient (Wildman–Crippen LogP) is 3.30. The normalized spacial score (nSPS) is 20.0. The Labute approximate surface area is 143 Å². The largest absolute Gasteiger partial charge is 0.343 e. The van der Waals surface area contributed by atoms with Crippen LogP contribution in [0.4, 0.5) is 0 Å². The van der Waals surface area contributed by atoms with Gasteiger partial charge in [-0.15, -0.1) is 12.4 Å². The number of benzene rings is 1. The molecule has 2 heterocycles. The van der Waals surface area contributed by atoms with E-state index in [1.807, 2.05) is 29.2 Å². The predicted molar refractivity (Wildman–Crippen MR) is 92.8 cm³/mol. The molecule has 3 rings (SSSR count). The molecule has 1 spiro atoms. The maximum Gasteiger partial charge on any atom is 0.222 e. The van der Waals surface area contributed by atoms with Crippen LogP contribution in [0.1, 0.15) is 31.2 Å². The second-order valence-corrected chi connectivity index (χ2v) is 6.81. The number of likely N-dealkylation sites (tertiary alicyclic amines) is 1. The zero-order valence-corrected chi connectivity index (χ0v) is 14.4. The molecule has 0 unspecified atom stereocenters. The van der Waals surface area contributed by atoms with Crippen LogP contribution in [-0.2, 0) is 11.2 Å². The molecule has 1 amide bonds. The monoisotopic (exact) mass is 342 g/mol. The third-order valence-electron chi connectivity index (χ3n) is 5.07. The number of nitrogens with one attached hydrogen (secondary N) is 1. The summed E-state index contributed by atoms with van der Waals surface area (Å²) in [5, 5.41) is 4.23. The van der Waals surface area contributed by atoms with Crippen molar-refractivity contribution in [1.82, 2.24) is 10.2 Å². The van der Waals surface area contributed by atoms with Crippen molar-refractivity contribution in [3.8, 4) is 0 Å². The molecule has 0 atom stereocenters. The molecule has 2 aliphatic heterocycles. The SMILES string of the molecule is Cl.O=C(CCc1ccccc1Cl)N1CCC2(CCNC2)CC1. The maximum atomic E-state index is 12.4. The first-order valence-electron chi connectivity index (χ1n) is 7.90. The van der Waals surface area contributed by atoms with Gasteiger partial charge in [-0.1, -0.05) is 29.8 Å². The molecule has 2 aliphatic rings. The van der Waals surface area contributed by atoms with Gasteiger partial charge in [0.1, 0.15) is 0 Å². The number of nitrogens with zero attached hydrogens (tertiary/aromatic N) is 1. The highest BCUT2D eigenvalue weighted by Gasteiger charge is 2.37. The number of aryl methyl sites for hydroxylation is 1. The summed E-state index contributed by atoms with van der Waals surface area (Å²) < 4.78 is 0. The first kappa shape index (κ1) is 17.6. The van der Waals surface area contributed by atoms with E-state index in [-0.39, 0.29) is 18.3 Å². The average molecular weight is 343 g/mol. The van der Waals surface area contributed by atoms with Crippen molar-refractivity contribution in [2.24, 2.45) is 5.41 Å². The molecule has 0 aromatic heterocycles. The second kappa shape index (κ2) is 7.67. The lowest BCUT2D eigenvalue weighted by atomic mass is 9.78. The summed E-state index contributed by atoms with van der Waals surface area (Å²) in [4.78, 5) is 14.4. The van der Waals surface area contributed by atoms with Crippen LogP contribution in [-0.4, -0.2) is 37.0 Å². The molecule has 3 nitrogen and oxygen atoms in total. The summed E-state index contributed by atoms with van der Waals surface area (Å²) in [7, 11) is 0. The number of hydrogen-bond donors (Lipinski definition) is 1. The molecular weight excluding hydrogens is 319 g/mol. The number of halogens is 2. The van der Waals surface area contributed by atoms with Crippen LogP contribution >= 0.6 is 24.0 Å². The number of rotatable bonds is 3. The van der Waals surface area contributed by atoms with Crippen molar-refractivity contribution < 1.29 is 4.79 Å². The highest BCUT2D eigenvalue weighted by Crippen LogP contribution is 2.37. The zero-order valence-electron chi connectivity index (χ0n) is 12.8. The van der Waals surface area contributed by atoms with Crippen LogP contribution in [0, 0.1) is 5.41 Å². The minimum atomic E-state index is 0. The first-order chi connectivity index (χ1) is 10.2. The van der Waals surface area contributed by atoms with Gasteiger partial charge < -0.3 is 10.2 Å². The molecule has 0 saturated carbocycles. The number of hydrogen-bond acceptors (Lipinski definition) is 2. The highest BCUT2D eigenvalue weighted by molar-refractivity contribution is 6.31. The van der Waals surface area contributed by atoms with E-state index in [1.54, 1.807) is 0 Å². The summed E-state index contributed by atoms with van der Waals surface area (Å²) in [6.07, 6.45) is 4.88. The molecule has 1 N–H and O–H groups in total. The Hall–Kier alpha value is -0.770. The molecule has 122 valence electrons. The van der Waals surface area contributed by atoms with Gasteiger partial charge >= 0.3 is 0 Å². The lowest BCUT2D eigenvalue weighted by Crippen LogP contribution is -2.44. The molecule has 0 radical (unpaired) electrons. The van der Waals surface area contributed by atoms with Crippen molar-refractivity contribution in [1.29, 1.82) is 0 Å². The fourth-order valence-corrected chi connectivity index (χ4v) is 3.78. The fourth-order valence-electron chi connectivity index (χ4n) is 3.55. The van der Waals surface area contributed by atoms with Crippen LogP contribution in [0.3, 0.4) is 0 Å². The van der Waals surface area contributed by atoms with Crippen molar-refractivity contribution in [3.63, 3.8) is 0 Å². The summed E-state index contributed by atoms with van der Waals surface area (Å²) in [5.41, 5.74) is 1.54. The van der Waals surface area contributed by atoms with Crippen LogP contribution in [0.5, 0.6) is 0 Å². The quantitative estimate of drug-likeness (QED) is 0.913. The van der Waals surface area contributed by atoms with Crippen LogP contribution in [0.15, 0.2) is 24.3 Å². The molecule has 1 aromatic rings. The van der Waals surface area contributed by atoms with Gasteiger partial charge in [0, 0.05) is 31.1 Å². The summed E-state index contributed by atoms with van der Waals surface area (Å²) in [6, 6.07) is 7.79. The Bertz CT molecular complexity index is 505. The van der Waals surface area contributed by atoms with E-state index >= 15 is 0 Å². The van der Waals surface area contributed by atoms with Crippen molar-refractivity contribution in [3.05, 3.63) is 34.9 Å². The Balaban J connectivity index is 0.00000176. The Morgan fingerprint density at radius 2 is 1.95 bits per heavy atom. The van der Waals surface area contributed by atoms with Crippen molar-refractivity contribution in [2.45, 2.75) is 32.1 Å². The Morgan fingerprint density at radius 1 is 1.23 bits per heavy atom. The molecule has 0 bridgehead atoms. The summed E-state index contributed by atoms with van der Waals surface area (Å²) >= 11 is 6.14. The topological polar surface area (TPSA) is 32.3 Å². The lowest BCUT2D eigenvalue weighted by Gasteiger charge is -2.39. The van der Waals surface area contributed by atoms with Crippen LogP contribution < -0.4 is 5.32 Å². The Morgan fingerprint density at radius 3 is 2.59 bits per heavy atom. The van der Waals surface area contributed by atoms with Gasteiger partial charge in [-0.3, -0.25) is 4.79 Å². The zero-order chi connectivity index (χ0) is 14.7. The number of carbonyl (C=O) groups excluding carboxylic acids is 1. The fraction of sp³-hybridized carbons (Fsp3) is 0.588. The standard InChI is InChI=1S/C17H23ClN2O.ClH/c18-15-4-2-1-3-14(15)5-6-16(21)20-11-8-17(9-12-20)7-10-19-13-17;/h1-4,19H,5-13H2;1H. The van der Waals surface area contributed by atoms with E-state index < -0.39 is 0 Å². The van der Waals surface area contributed by atoms with Gasteiger partial charge in [0.15, 0.2) is 0 Å². The third-order valence-corrected chi connectivity index (χ3v) is 5.44. The van der Waals surface area contributed by atoms with E-state index in [4.69, 9.17) is 11.6 Å². The summed E-state index contributed by atoms with van der Waals surface area (Å²) in [5.74, 6) is 0.274. The number of piperidine rings is 1. The number of amides is 1.